The topological polar surface area (TPSA) is 27.6 Å². The summed E-state index contributed by atoms with van der Waals surface area (Å²) < 4.78 is 14.0. The Bertz CT molecular complexity index is 711. The van der Waals surface area contributed by atoms with Crippen LogP contribution in [0.5, 0.6) is 0 Å². The lowest BCUT2D eigenvalue weighted by Gasteiger charge is -2.44. The number of rotatable bonds is 0. The highest BCUT2D eigenvalue weighted by Gasteiger charge is 2.48. The number of benzene rings is 1. The SMILES string of the molecule is CC12CC=CCC1(C)Sc1ccc(F)cc1C(N1CCNCC1)=N2. The highest BCUT2D eigenvalue weighted by molar-refractivity contribution is 8.00. The predicted octanol–water partition coefficient (Wildman–Crippen LogP) is 3.45. The molecule has 0 saturated carbocycles. The Balaban J connectivity index is 1.89. The van der Waals surface area contributed by atoms with E-state index in [0.717, 1.165) is 55.3 Å². The van der Waals surface area contributed by atoms with Crippen molar-refractivity contribution in [2.45, 2.75) is 41.9 Å². The zero-order valence-electron chi connectivity index (χ0n) is 14.3. The monoisotopic (exact) mass is 345 g/mol. The van der Waals surface area contributed by atoms with Gasteiger partial charge in [-0.25, -0.2) is 4.39 Å². The fourth-order valence-corrected chi connectivity index (χ4v) is 5.20. The summed E-state index contributed by atoms with van der Waals surface area (Å²) >= 11 is 1.86. The molecule has 0 radical (unpaired) electrons. The van der Waals surface area contributed by atoms with Crippen LogP contribution in [0.15, 0.2) is 40.2 Å². The summed E-state index contributed by atoms with van der Waals surface area (Å²) in [5.41, 5.74) is 0.779. The van der Waals surface area contributed by atoms with Gasteiger partial charge in [0.2, 0.25) is 0 Å². The second kappa shape index (κ2) is 5.88. The second-order valence-corrected chi connectivity index (χ2v) is 8.84. The molecule has 2 aliphatic heterocycles. The largest absolute Gasteiger partial charge is 0.354 e. The van der Waals surface area contributed by atoms with E-state index in [1.807, 2.05) is 17.8 Å². The van der Waals surface area contributed by atoms with Crippen LogP contribution < -0.4 is 5.32 Å². The Morgan fingerprint density at radius 2 is 1.92 bits per heavy atom. The molecule has 4 rings (SSSR count). The average Bonchev–Trinajstić information content (AvgIpc) is 2.68. The molecule has 2 unspecified atom stereocenters. The van der Waals surface area contributed by atoms with Gasteiger partial charge in [0.15, 0.2) is 0 Å². The molecular formula is C19H24FN3S. The molecule has 5 heteroatoms. The van der Waals surface area contributed by atoms with Gasteiger partial charge in [-0.05, 0) is 44.9 Å². The molecule has 1 aromatic rings. The molecule has 3 nitrogen and oxygen atoms in total. The lowest BCUT2D eigenvalue weighted by molar-refractivity contribution is 0.326. The lowest BCUT2D eigenvalue weighted by Crippen LogP contribution is -2.50. The number of nitrogens with zero attached hydrogens (tertiary/aromatic N) is 2. The van der Waals surface area contributed by atoms with Crippen molar-refractivity contribution in [3.8, 4) is 0 Å². The minimum atomic E-state index is -0.185. The first-order chi connectivity index (χ1) is 11.5. The Morgan fingerprint density at radius 1 is 1.17 bits per heavy atom. The molecule has 0 aromatic heterocycles. The van der Waals surface area contributed by atoms with Gasteiger partial charge in [0, 0.05) is 41.4 Å². The number of aliphatic imine (C=N–C) groups is 1. The molecule has 128 valence electrons. The maximum atomic E-state index is 14.0. The van der Waals surface area contributed by atoms with Gasteiger partial charge in [0.1, 0.15) is 11.7 Å². The maximum absolute atomic E-state index is 14.0. The van der Waals surface area contributed by atoms with Crippen molar-refractivity contribution >= 4 is 17.6 Å². The van der Waals surface area contributed by atoms with Gasteiger partial charge in [-0.2, -0.15) is 0 Å². The highest BCUT2D eigenvalue weighted by atomic mass is 32.2. The first kappa shape index (κ1) is 16.2. The van der Waals surface area contributed by atoms with Crippen molar-refractivity contribution < 1.29 is 4.39 Å². The van der Waals surface area contributed by atoms with E-state index in [1.165, 1.54) is 0 Å². The zero-order chi connectivity index (χ0) is 16.8. The van der Waals surface area contributed by atoms with Gasteiger partial charge in [0.05, 0.1) is 5.54 Å². The van der Waals surface area contributed by atoms with Crippen LogP contribution in [-0.2, 0) is 0 Å². The van der Waals surface area contributed by atoms with Crippen LogP contribution in [0.25, 0.3) is 0 Å². The van der Waals surface area contributed by atoms with Gasteiger partial charge in [0.25, 0.3) is 0 Å². The highest BCUT2D eigenvalue weighted by Crippen LogP contribution is 2.52. The molecule has 0 amide bonds. The lowest BCUT2D eigenvalue weighted by atomic mass is 9.78. The first-order valence-corrected chi connectivity index (χ1v) is 9.52. The number of allylic oxidation sites excluding steroid dienone is 1. The Morgan fingerprint density at radius 3 is 2.71 bits per heavy atom. The average molecular weight is 345 g/mol. The van der Waals surface area contributed by atoms with Crippen molar-refractivity contribution in [2.75, 3.05) is 26.2 Å². The van der Waals surface area contributed by atoms with E-state index in [2.05, 4.69) is 36.2 Å². The first-order valence-electron chi connectivity index (χ1n) is 8.70. The molecular weight excluding hydrogens is 321 g/mol. The van der Waals surface area contributed by atoms with E-state index in [1.54, 1.807) is 12.1 Å². The molecule has 3 aliphatic rings. The van der Waals surface area contributed by atoms with Crippen molar-refractivity contribution in [3.63, 3.8) is 0 Å². The summed E-state index contributed by atoms with van der Waals surface area (Å²) in [5, 5.41) is 3.39. The third-order valence-corrected chi connectivity index (χ3v) is 7.25. The number of piperazine rings is 1. The van der Waals surface area contributed by atoms with E-state index < -0.39 is 0 Å². The van der Waals surface area contributed by atoms with Crippen LogP contribution in [0.4, 0.5) is 4.39 Å². The quantitative estimate of drug-likeness (QED) is 0.730. The number of thioether (sulfide) groups is 1. The number of nitrogens with one attached hydrogen (secondary N) is 1. The van der Waals surface area contributed by atoms with Crippen LogP contribution >= 0.6 is 11.8 Å². The molecule has 0 spiro atoms. The van der Waals surface area contributed by atoms with Crippen LogP contribution in [0.1, 0.15) is 32.3 Å². The Kier molecular flexibility index (Phi) is 3.96. The molecule has 0 bridgehead atoms. The Labute approximate surface area is 147 Å². The third-order valence-electron chi connectivity index (χ3n) is 5.62. The minimum absolute atomic E-state index is 0.00981. The Hall–Kier alpha value is -1.33. The molecule has 24 heavy (non-hydrogen) atoms. The number of amidine groups is 1. The summed E-state index contributed by atoms with van der Waals surface area (Å²) in [6, 6.07) is 5.18. The van der Waals surface area contributed by atoms with Gasteiger partial charge in [-0.15, -0.1) is 11.8 Å². The van der Waals surface area contributed by atoms with Gasteiger partial charge < -0.3 is 10.2 Å². The number of halogens is 1. The molecule has 1 N–H and O–H groups in total. The van der Waals surface area contributed by atoms with Crippen molar-refractivity contribution in [2.24, 2.45) is 4.99 Å². The molecule has 1 aromatic carbocycles. The standard InChI is InChI=1S/C19H24FN3S/c1-18-7-3-4-8-19(18,2)24-16-6-5-14(20)13-15(16)17(22-18)23-11-9-21-10-12-23/h3-6,13,21H,7-12H2,1-2H3. The predicted molar refractivity (Wildman–Crippen MR) is 98.4 cm³/mol. The molecule has 1 aliphatic carbocycles. The summed E-state index contributed by atoms with van der Waals surface area (Å²) in [5.74, 6) is 0.788. The normalized spacial score (nSPS) is 32.6. The van der Waals surface area contributed by atoms with Crippen LogP contribution in [0, 0.1) is 5.82 Å². The van der Waals surface area contributed by atoms with Crippen LogP contribution in [0.3, 0.4) is 0 Å². The minimum Gasteiger partial charge on any atom is -0.354 e. The summed E-state index contributed by atoms with van der Waals surface area (Å²) in [7, 11) is 0. The molecule has 1 fully saturated rings. The third kappa shape index (κ3) is 2.58. The number of hydrogen-bond donors (Lipinski definition) is 1. The summed E-state index contributed by atoms with van der Waals surface area (Å²) in [6.45, 7) is 8.30. The van der Waals surface area contributed by atoms with Gasteiger partial charge >= 0.3 is 0 Å². The fourth-order valence-electron chi connectivity index (χ4n) is 3.79. The van der Waals surface area contributed by atoms with Crippen molar-refractivity contribution in [1.29, 1.82) is 0 Å². The van der Waals surface area contributed by atoms with E-state index in [4.69, 9.17) is 4.99 Å². The van der Waals surface area contributed by atoms with E-state index >= 15 is 0 Å². The zero-order valence-corrected chi connectivity index (χ0v) is 15.1. The molecule has 2 atom stereocenters. The van der Waals surface area contributed by atoms with Crippen molar-refractivity contribution in [1.82, 2.24) is 10.2 Å². The second-order valence-electron chi connectivity index (χ2n) is 7.30. The molecule has 1 saturated heterocycles. The maximum Gasteiger partial charge on any atom is 0.132 e. The van der Waals surface area contributed by atoms with Crippen molar-refractivity contribution in [3.05, 3.63) is 41.7 Å². The van der Waals surface area contributed by atoms with E-state index in [9.17, 15) is 4.39 Å². The van der Waals surface area contributed by atoms with Gasteiger partial charge in [-0.3, -0.25) is 4.99 Å². The van der Waals surface area contributed by atoms with Gasteiger partial charge in [-0.1, -0.05) is 12.2 Å². The van der Waals surface area contributed by atoms with Crippen LogP contribution in [-0.4, -0.2) is 47.2 Å². The number of hydrogen-bond acceptors (Lipinski definition) is 4. The van der Waals surface area contributed by atoms with E-state index in [-0.39, 0.29) is 16.1 Å². The molecule has 2 heterocycles. The van der Waals surface area contributed by atoms with E-state index in [0.29, 0.717) is 0 Å². The number of fused-ring (bicyclic) bond motifs is 2. The smallest absolute Gasteiger partial charge is 0.132 e. The van der Waals surface area contributed by atoms with Crippen LogP contribution in [0.2, 0.25) is 0 Å². The summed E-state index contributed by atoms with van der Waals surface area (Å²) in [6.07, 6.45) is 6.44. The summed E-state index contributed by atoms with van der Waals surface area (Å²) in [4.78, 5) is 8.76. The fraction of sp³-hybridized carbons (Fsp3) is 0.526.